The van der Waals surface area contributed by atoms with Gasteiger partial charge in [0.05, 0.1) is 0 Å². The number of fused-ring (bicyclic) bond motifs is 1. The highest BCUT2D eigenvalue weighted by molar-refractivity contribution is 5.79. The zero-order chi connectivity index (χ0) is 16.4. The molecule has 1 saturated carbocycles. The monoisotopic (exact) mass is 324 g/mol. The molecule has 2 atom stereocenters. The number of urea groups is 1. The molecule has 3 fully saturated rings. The Hall–Kier alpha value is -1.30. The number of carboxylic acid groups (broad SMARTS) is 1. The van der Waals surface area contributed by atoms with Gasteiger partial charge in [0.25, 0.3) is 0 Å². The van der Waals surface area contributed by atoms with Crippen molar-refractivity contribution in [1.29, 1.82) is 0 Å². The molecule has 2 aliphatic heterocycles. The van der Waals surface area contributed by atoms with Gasteiger partial charge in [-0.25, -0.2) is 9.59 Å². The zero-order valence-electron chi connectivity index (χ0n) is 14.0. The minimum Gasteiger partial charge on any atom is -0.479 e. The van der Waals surface area contributed by atoms with Gasteiger partial charge in [0, 0.05) is 45.6 Å². The van der Waals surface area contributed by atoms with Crippen LogP contribution in [0.15, 0.2) is 0 Å². The van der Waals surface area contributed by atoms with Crippen molar-refractivity contribution in [2.75, 3.05) is 26.7 Å². The predicted molar refractivity (Wildman–Crippen MR) is 85.3 cm³/mol. The van der Waals surface area contributed by atoms with Crippen LogP contribution in [0.1, 0.15) is 51.4 Å². The molecule has 6 nitrogen and oxygen atoms in total. The quantitative estimate of drug-likeness (QED) is 0.846. The third-order valence-corrected chi connectivity index (χ3v) is 6.11. The van der Waals surface area contributed by atoms with E-state index in [-0.39, 0.29) is 6.03 Å². The van der Waals surface area contributed by atoms with E-state index in [1.165, 1.54) is 32.8 Å². The van der Waals surface area contributed by atoms with Crippen LogP contribution < -0.4 is 0 Å². The molecule has 3 rings (SSSR count). The van der Waals surface area contributed by atoms with Gasteiger partial charge in [0.15, 0.2) is 5.60 Å². The number of hydrogen-bond donors (Lipinski definition) is 1. The van der Waals surface area contributed by atoms with Gasteiger partial charge < -0.3 is 19.6 Å². The van der Waals surface area contributed by atoms with E-state index in [1.54, 1.807) is 0 Å². The van der Waals surface area contributed by atoms with Crippen molar-refractivity contribution in [3.8, 4) is 0 Å². The number of carboxylic acids is 1. The molecule has 0 bridgehead atoms. The van der Waals surface area contributed by atoms with Gasteiger partial charge in [-0.3, -0.25) is 0 Å². The van der Waals surface area contributed by atoms with E-state index >= 15 is 0 Å². The second-order valence-electron chi connectivity index (χ2n) is 7.22. The van der Waals surface area contributed by atoms with Crippen molar-refractivity contribution in [2.24, 2.45) is 5.92 Å². The first-order chi connectivity index (χ1) is 11.1. The number of nitrogens with zero attached hydrogens (tertiary/aromatic N) is 2. The van der Waals surface area contributed by atoms with E-state index in [2.05, 4.69) is 4.90 Å². The van der Waals surface area contributed by atoms with E-state index < -0.39 is 11.6 Å². The van der Waals surface area contributed by atoms with Gasteiger partial charge in [-0.05, 0) is 31.6 Å². The number of carbonyl (C=O) groups excluding carboxylic acids is 1. The number of likely N-dealkylation sites (tertiary alicyclic amines) is 2. The summed E-state index contributed by atoms with van der Waals surface area (Å²) in [5.74, 6) is -0.249. The zero-order valence-corrected chi connectivity index (χ0v) is 14.0. The number of aliphatic carboxylic acids is 1. The second-order valence-corrected chi connectivity index (χ2v) is 7.22. The minimum absolute atomic E-state index is 0.108. The smallest absolute Gasteiger partial charge is 0.336 e. The van der Waals surface area contributed by atoms with Crippen LogP contribution in [0.4, 0.5) is 4.79 Å². The fourth-order valence-electron chi connectivity index (χ4n) is 4.61. The fourth-order valence-corrected chi connectivity index (χ4v) is 4.61. The van der Waals surface area contributed by atoms with Crippen LogP contribution in [0.2, 0.25) is 0 Å². The van der Waals surface area contributed by atoms with Crippen molar-refractivity contribution in [3.63, 3.8) is 0 Å². The predicted octanol–water partition coefficient (Wildman–Crippen LogP) is 2.33. The lowest BCUT2D eigenvalue weighted by Gasteiger charge is -2.47. The Kier molecular flexibility index (Phi) is 4.80. The van der Waals surface area contributed by atoms with Crippen LogP contribution in [0, 0.1) is 5.92 Å². The number of piperidine rings is 2. The Morgan fingerprint density at radius 1 is 1.04 bits per heavy atom. The number of hydrogen-bond acceptors (Lipinski definition) is 3. The summed E-state index contributed by atoms with van der Waals surface area (Å²) in [6.45, 7) is 1.78. The summed E-state index contributed by atoms with van der Waals surface area (Å²) in [5.41, 5.74) is -1.12. The maximum atomic E-state index is 12.9. The Labute approximate surface area is 137 Å². The SMILES string of the molecule is COC1(C(=O)O)CCN(C(=O)N2CCC[C@@H]3CCCC[C@@H]32)CC1. The van der Waals surface area contributed by atoms with Gasteiger partial charge in [-0.2, -0.15) is 0 Å². The van der Waals surface area contributed by atoms with Crippen LogP contribution in [-0.2, 0) is 9.53 Å². The molecule has 6 heteroatoms. The van der Waals surface area contributed by atoms with Crippen LogP contribution in [0.25, 0.3) is 0 Å². The third kappa shape index (κ3) is 3.05. The van der Waals surface area contributed by atoms with Gasteiger partial charge in [-0.1, -0.05) is 12.8 Å². The Balaban J connectivity index is 1.64. The molecule has 0 aromatic carbocycles. The third-order valence-electron chi connectivity index (χ3n) is 6.11. The fraction of sp³-hybridized carbons (Fsp3) is 0.882. The molecule has 130 valence electrons. The molecular formula is C17H28N2O4. The average Bonchev–Trinajstić information content (AvgIpc) is 2.60. The summed E-state index contributed by atoms with van der Waals surface area (Å²) in [5, 5.41) is 9.38. The molecule has 3 aliphatic rings. The number of ether oxygens (including phenoxy) is 1. The summed E-state index contributed by atoms with van der Waals surface area (Å²) in [6, 6.07) is 0.510. The van der Waals surface area contributed by atoms with E-state index in [9.17, 15) is 14.7 Å². The van der Waals surface area contributed by atoms with Crippen LogP contribution >= 0.6 is 0 Å². The van der Waals surface area contributed by atoms with Crippen molar-refractivity contribution >= 4 is 12.0 Å². The molecule has 2 amide bonds. The lowest BCUT2D eigenvalue weighted by molar-refractivity contribution is -0.167. The summed E-state index contributed by atoms with van der Waals surface area (Å²) in [7, 11) is 1.45. The Morgan fingerprint density at radius 2 is 1.70 bits per heavy atom. The van der Waals surface area contributed by atoms with E-state index in [4.69, 9.17) is 4.74 Å². The van der Waals surface area contributed by atoms with Crippen LogP contribution in [-0.4, -0.2) is 65.3 Å². The number of methoxy groups -OCH3 is 1. The van der Waals surface area contributed by atoms with Crippen molar-refractivity contribution in [1.82, 2.24) is 9.80 Å². The summed E-state index contributed by atoms with van der Waals surface area (Å²) in [4.78, 5) is 28.3. The topological polar surface area (TPSA) is 70.1 Å². The Bertz CT molecular complexity index is 458. The van der Waals surface area contributed by atoms with E-state index in [0.29, 0.717) is 37.9 Å². The highest BCUT2D eigenvalue weighted by Crippen LogP contribution is 2.36. The van der Waals surface area contributed by atoms with Crippen LogP contribution in [0.3, 0.4) is 0 Å². The first kappa shape index (κ1) is 16.6. The lowest BCUT2D eigenvalue weighted by atomic mass is 9.78. The first-order valence-corrected chi connectivity index (χ1v) is 8.91. The normalized spacial score (nSPS) is 30.7. The van der Waals surface area contributed by atoms with Crippen LogP contribution in [0.5, 0.6) is 0 Å². The molecule has 2 heterocycles. The molecule has 2 saturated heterocycles. The van der Waals surface area contributed by atoms with Crippen molar-refractivity contribution < 1.29 is 19.4 Å². The second kappa shape index (κ2) is 6.67. The van der Waals surface area contributed by atoms with Gasteiger partial charge in [0.1, 0.15) is 0 Å². The molecule has 0 aromatic rings. The average molecular weight is 324 g/mol. The van der Waals surface area contributed by atoms with E-state index in [0.717, 1.165) is 19.4 Å². The summed E-state index contributed by atoms with van der Waals surface area (Å²) >= 11 is 0. The molecule has 0 radical (unpaired) electrons. The van der Waals surface area contributed by atoms with E-state index in [1.807, 2.05) is 4.90 Å². The number of carbonyl (C=O) groups is 2. The summed E-state index contributed by atoms with van der Waals surface area (Å²) < 4.78 is 5.25. The molecule has 0 aromatic heterocycles. The van der Waals surface area contributed by atoms with Gasteiger partial charge >= 0.3 is 12.0 Å². The number of rotatable bonds is 2. The standard InChI is InChI=1S/C17H28N2O4/c1-23-17(15(20)21)8-11-18(12-9-17)16(22)19-10-4-6-13-5-2-3-7-14(13)19/h13-14H,2-12H2,1H3,(H,20,21)/t13-,14-/m0/s1. The Morgan fingerprint density at radius 3 is 2.35 bits per heavy atom. The molecule has 1 N–H and O–H groups in total. The summed E-state index contributed by atoms with van der Waals surface area (Å²) in [6.07, 6.45) is 7.97. The van der Waals surface area contributed by atoms with Crippen molar-refractivity contribution in [3.05, 3.63) is 0 Å². The molecule has 23 heavy (non-hydrogen) atoms. The van der Waals surface area contributed by atoms with Gasteiger partial charge in [-0.15, -0.1) is 0 Å². The van der Waals surface area contributed by atoms with Gasteiger partial charge in [0.2, 0.25) is 0 Å². The first-order valence-electron chi connectivity index (χ1n) is 8.91. The number of amides is 2. The highest BCUT2D eigenvalue weighted by atomic mass is 16.5. The lowest BCUT2D eigenvalue weighted by Crippen LogP contribution is -2.58. The molecule has 0 spiro atoms. The maximum Gasteiger partial charge on any atom is 0.336 e. The highest BCUT2D eigenvalue weighted by Gasteiger charge is 2.44. The maximum absolute atomic E-state index is 12.9. The molecular weight excluding hydrogens is 296 g/mol. The molecule has 0 unspecified atom stereocenters. The van der Waals surface area contributed by atoms with Crippen molar-refractivity contribution in [2.45, 2.75) is 63.0 Å². The minimum atomic E-state index is -1.12. The largest absolute Gasteiger partial charge is 0.479 e. The molecule has 1 aliphatic carbocycles.